The molecule has 0 bridgehead atoms. The summed E-state index contributed by atoms with van der Waals surface area (Å²) < 4.78 is 11.9. The molecule has 1 aliphatic heterocycles. The van der Waals surface area contributed by atoms with Crippen LogP contribution in [0.25, 0.3) is 0 Å². The number of benzene rings is 2. The van der Waals surface area contributed by atoms with E-state index in [-0.39, 0.29) is 5.82 Å². The second kappa shape index (κ2) is 34.7. The van der Waals surface area contributed by atoms with Gasteiger partial charge in [0.05, 0.1) is 0 Å². The van der Waals surface area contributed by atoms with Gasteiger partial charge in [-0.05, 0) is 83.3 Å². The van der Waals surface area contributed by atoms with Gasteiger partial charge in [-0.2, -0.15) is 0 Å². The summed E-state index contributed by atoms with van der Waals surface area (Å²) in [4.78, 5) is 8.35. The highest BCUT2D eigenvalue weighted by atomic mass is 19.1. The third-order valence-electron chi connectivity index (χ3n) is 6.98. The Labute approximate surface area is 272 Å². The summed E-state index contributed by atoms with van der Waals surface area (Å²) in [5.74, 6) is 1.85. The molecule has 0 unspecified atom stereocenters. The Morgan fingerprint density at radius 1 is 0.773 bits per heavy atom. The minimum Gasteiger partial charge on any atom is -0.370 e. The molecule has 44 heavy (non-hydrogen) atoms. The van der Waals surface area contributed by atoms with E-state index in [4.69, 9.17) is 0 Å². The van der Waals surface area contributed by atoms with Crippen LogP contribution in [-0.4, -0.2) is 39.2 Å². The molecule has 0 spiro atoms. The summed E-state index contributed by atoms with van der Waals surface area (Å²) in [5, 5.41) is 6.56. The van der Waals surface area contributed by atoms with E-state index in [1.165, 1.54) is 95.0 Å². The van der Waals surface area contributed by atoms with Crippen molar-refractivity contribution in [2.75, 3.05) is 26.7 Å². The number of nitrogens with zero attached hydrogens (tertiary/aromatic N) is 2. The number of hydrogen-bond acceptors (Lipinski definition) is 3. The predicted molar refractivity (Wildman–Crippen MR) is 197 cm³/mol. The molecule has 1 saturated carbocycles. The summed E-state index contributed by atoms with van der Waals surface area (Å²) in [6, 6.07) is 19.9. The fourth-order valence-corrected chi connectivity index (χ4v) is 4.72. The summed E-state index contributed by atoms with van der Waals surface area (Å²) in [6.07, 6.45) is 16.2. The maximum Gasteiger partial charge on any atom is 0.125 e. The average molecular weight is 611 g/mol. The normalized spacial score (nSPS) is 15.9. The highest BCUT2D eigenvalue weighted by Gasteiger charge is 2.15. The summed E-state index contributed by atoms with van der Waals surface area (Å²) in [6.45, 7) is 19.5. The van der Waals surface area contributed by atoms with Crippen LogP contribution in [0.2, 0.25) is 0 Å². The van der Waals surface area contributed by atoms with Gasteiger partial charge < -0.3 is 10.6 Å². The first-order valence-electron chi connectivity index (χ1n) is 17.4. The van der Waals surface area contributed by atoms with E-state index in [0.29, 0.717) is 0 Å². The first-order valence-corrected chi connectivity index (χ1v) is 17.4. The first-order chi connectivity index (χ1) is 21.6. The minimum atomic E-state index is -0.178. The topological polar surface area (TPSA) is 48.8 Å². The summed E-state index contributed by atoms with van der Waals surface area (Å²) >= 11 is 0. The lowest BCUT2D eigenvalue weighted by atomic mass is 9.91. The lowest BCUT2D eigenvalue weighted by molar-refractivity contribution is 0.385. The molecule has 2 fully saturated rings. The third-order valence-corrected chi connectivity index (χ3v) is 6.98. The molecular formula is C39H67FN4. The van der Waals surface area contributed by atoms with Gasteiger partial charge in [0.2, 0.25) is 0 Å². The molecule has 1 saturated heterocycles. The highest BCUT2D eigenvalue weighted by Crippen LogP contribution is 2.25. The van der Waals surface area contributed by atoms with Gasteiger partial charge in [-0.3, -0.25) is 9.98 Å². The standard InChI is InChI=1S/C11H19N3.C7H14.C6H5F.C6H6.C5H11N.2C2H6/c1-4-14-11(13-3)9-7-5-6-8-10(9)12-2;1-7-5-3-2-4-6-7;7-6-4-2-1-3-5-6;2*1-2-4-6-5-3-1;2*1-2/h2,4-8H2,1,3H3,(H,13,14);7H,2-6H2,1H3;1-5H;1-6H;6H,1-5H2;2*1-2H3. The zero-order chi connectivity index (χ0) is 33.1. The fourth-order valence-electron chi connectivity index (χ4n) is 4.72. The molecule has 2 aliphatic carbocycles. The van der Waals surface area contributed by atoms with Crippen molar-refractivity contribution in [2.45, 2.75) is 119 Å². The van der Waals surface area contributed by atoms with Crippen LogP contribution in [0.5, 0.6) is 0 Å². The van der Waals surface area contributed by atoms with Crippen LogP contribution in [-0.2, 0) is 0 Å². The van der Waals surface area contributed by atoms with E-state index in [2.05, 4.69) is 41.2 Å². The average Bonchev–Trinajstić information content (AvgIpc) is 3.12. The number of allylic oxidation sites excluding steroid dienone is 1. The van der Waals surface area contributed by atoms with Crippen LogP contribution in [0.1, 0.15) is 119 Å². The molecule has 4 nitrogen and oxygen atoms in total. The third kappa shape index (κ3) is 25.7. The number of aliphatic imine (C=N–C) groups is 2. The number of nitrogens with one attached hydrogen (secondary N) is 2. The van der Waals surface area contributed by atoms with E-state index in [1.54, 1.807) is 18.2 Å². The number of piperidine rings is 1. The van der Waals surface area contributed by atoms with E-state index < -0.39 is 0 Å². The number of hydrogen-bond donors (Lipinski definition) is 2. The predicted octanol–water partition coefficient (Wildman–Crippen LogP) is 11.1. The Morgan fingerprint density at radius 3 is 1.57 bits per heavy atom. The smallest absolute Gasteiger partial charge is 0.125 e. The van der Waals surface area contributed by atoms with Gasteiger partial charge in [0, 0.05) is 24.9 Å². The van der Waals surface area contributed by atoms with Crippen LogP contribution in [0, 0.1) is 11.7 Å². The van der Waals surface area contributed by atoms with Crippen LogP contribution < -0.4 is 10.6 Å². The fraction of sp³-hybridized carbons (Fsp3) is 0.590. The van der Waals surface area contributed by atoms with Gasteiger partial charge in [-0.25, -0.2) is 4.39 Å². The van der Waals surface area contributed by atoms with Gasteiger partial charge >= 0.3 is 0 Å². The lowest BCUT2D eigenvalue weighted by Crippen LogP contribution is -2.26. The van der Waals surface area contributed by atoms with Crippen molar-refractivity contribution in [3.05, 3.63) is 83.8 Å². The van der Waals surface area contributed by atoms with E-state index in [1.807, 2.05) is 71.1 Å². The Hall–Kier alpha value is -2.79. The molecule has 5 rings (SSSR count). The maximum atomic E-state index is 11.9. The number of amidine groups is 1. The zero-order valence-corrected chi connectivity index (χ0v) is 29.5. The molecule has 0 amide bonds. The number of likely N-dealkylation sites (N-methyl/N-ethyl adjacent to an activating group) is 1. The molecule has 250 valence electrons. The molecule has 0 atom stereocenters. The number of rotatable bonds is 3. The van der Waals surface area contributed by atoms with E-state index in [9.17, 15) is 4.39 Å². The van der Waals surface area contributed by atoms with Crippen LogP contribution in [0.15, 0.2) is 88.0 Å². The van der Waals surface area contributed by atoms with Crippen molar-refractivity contribution in [3.8, 4) is 0 Å². The van der Waals surface area contributed by atoms with Crippen molar-refractivity contribution < 1.29 is 4.39 Å². The van der Waals surface area contributed by atoms with Crippen molar-refractivity contribution in [1.29, 1.82) is 0 Å². The highest BCUT2D eigenvalue weighted by molar-refractivity contribution is 5.99. The molecule has 1 heterocycles. The van der Waals surface area contributed by atoms with Gasteiger partial charge in [-0.1, -0.05) is 128 Å². The van der Waals surface area contributed by atoms with Crippen LogP contribution in [0.3, 0.4) is 0 Å². The van der Waals surface area contributed by atoms with Crippen LogP contribution in [0.4, 0.5) is 4.39 Å². The van der Waals surface area contributed by atoms with Gasteiger partial charge in [0.25, 0.3) is 0 Å². The molecule has 3 aliphatic rings. The van der Waals surface area contributed by atoms with Gasteiger partial charge in [-0.15, -0.1) is 0 Å². The van der Waals surface area contributed by atoms with Crippen molar-refractivity contribution in [1.82, 2.24) is 10.6 Å². The Kier molecular flexibility index (Phi) is 34.2. The van der Waals surface area contributed by atoms with E-state index >= 15 is 0 Å². The molecule has 5 heteroatoms. The molecule has 2 aromatic rings. The van der Waals surface area contributed by atoms with Crippen molar-refractivity contribution >= 4 is 12.6 Å². The molecule has 0 aromatic heterocycles. The zero-order valence-electron chi connectivity index (χ0n) is 29.5. The SMILES string of the molecule is C1CCNCC1.C=NC1=C(C(=NC)NCC)CCCC1.CC.CC.CC1CCCCC1.Fc1ccccc1.c1ccccc1. The van der Waals surface area contributed by atoms with Crippen LogP contribution >= 0.6 is 0 Å². The largest absolute Gasteiger partial charge is 0.370 e. The lowest BCUT2D eigenvalue weighted by Gasteiger charge is -2.19. The quantitative estimate of drug-likeness (QED) is 0.268. The molecular weight excluding hydrogens is 543 g/mol. The maximum absolute atomic E-state index is 11.9. The Morgan fingerprint density at radius 2 is 1.25 bits per heavy atom. The monoisotopic (exact) mass is 611 g/mol. The molecule has 2 N–H and O–H groups in total. The Bertz CT molecular complexity index is 864. The first kappa shape index (κ1) is 43.3. The molecule has 0 radical (unpaired) electrons. The Balaban J connectivity index is 0. The molecule has 2 aromatic carbocycles. The second-order valence-electron chi connectivity index (χ2n) is 10.4. The van der Waals surface area contributed by atoms with Crippen molar-refractivity contribution in [2.24, 2.45) is 15.9 Å². The minimum absolute atomic E-state index is 0.178. The summed E-state index contributed by atoms with van der Waals surface area (Å²) in [5.41, 5.74) is 2.38. The summed E-state index contributed by atoms with van der Waals surface area (Å²) in [7, 11) is 1.82. The van der Waals surface area contributed by atoms with Crippen molar-refractivity contribution in [3.63, 3.8) is 0 Å². The van der Waals surface area contributed by atoms with Gasteiger partial charge in [0.15, 0.2) is 0 Å². The van der Waals surface area contributed by atoms with E-state index in [0.717, 1.165) is 36.8 Å². The van der Waals surface area contributed by atoms with Gasteiger partial charge in [0.1, 0.15) is 11.7 Å². The second-order valence-corrected chi connectivity index (χ2v) is 10.4. The number of halogens is 1.